The van der Waals surface area contributed by atoms with E-state index < -0.39 is 11.8 Å². The molecule has 0 fully saturated rings. The normalized spacial score (nSPS) is 21.9. The molecule has 0 unspecified atom stereocenters. The summed E-state index contributed by atoms with van der Waals surface area (Å²) in [4.78, 5) is 23.0. The van der Waals surface area contributed by atoms with Gasteiger partial charge in [-0.05, 0) is 51.7 Å². The monoisotopic (exact) mass is 274 g/mol. The molecular formula is C14H18N4O2. The highest BCUT2D eigenvalue weighted by Gasteiger charge is 2.14. The molecule has 6 heteroatoms. The smallest absolute Gasteiger partial charge is 0.262 e. The number of allylic oxidation sites excluding steroid dienone is 4. The number of nitrogens with zero attached hydrogens (tertiary/aromatic N) is 2. The van der Waals surface area contributed by atoms with Gasteiger partial charge in [0.2, 0.25) is 0 Å². The standard InChI is InChI=1S/C14H18N4O2/c1-9-3-5-11(7-9)15-17-13(19)14(20)18-16-12-6-4-10(2)8-12/h7-8H,3-6H2,1-2H3,(H,17,19)(H,18,20). The number of carbonyl (C=O) groups excluding carboxylic acids is 2. The molecule has 2 aliphatic carbocycles. The van der Waals surface area contributed by atoms with Crippen LogP contribution in [-0.2, 0) is 9.59 Å². The van der Waals surface area contributed by atoms with Gasteiger partial charge < -0.3 is 0 Å². The van der Waals surface area contributed by atoms with Crippen LogP contribution >= 0.6 is 0 Å². The van der Waals surface area contributed by atoms with Crippen LogP contribution in [0.25, 0.3) is 0 Å². The van der Waals surface area contributed by atoms with Crippen LogP contribution in [0, 0.1) is 0 Å². The number of carbonyl (C=O) groups is 2. The van der Waals surface area contributed by atoms with Gasteiger partial charge >= 0.3 is 11.8 Å². The van der Waals surface area contributed by atoms with E-state index in [0.717, 1.165) is 37.1 Å². The van der Waals surface area contributed by atoms with Crippen LogP contribution in [-0.4, -0.2) is 23.2 Å². The maximum absolute atomic E-state index is 11.5. The molecule has 0 aliphatic heterocycles. The first-order valence-electron chi connectivity index (χ1n) is 6.62. The number of hydrogen-bond acceptors (Lipinski definition) is 4. The van der Waals surface area contributed by atoms with E-state index in [1.54, 1.807) is 0 Å². The van der Waals surface area contributed by atoms with E-state index in [1.807, 2.05) is 26.0 Å². The Labute approximate surface area is 117 Å². The van der Waals surface area contributed by atoms with Crippen molar-refractivity contribution in [1.82, 2.24) is 10.9 Å². The zero-order chi connectivity index (χ0) is 14.5. The van der Waals surface area contributed by atoms with Crippen LogP contribution in [0.15, 0.2) is 33.5 Å². The van der Waals surface area contributed by atoms with E-state index in [9.17, 15) is 9.59 Å². The van der Waals surface area contributed by atoms with Gasteiger partial charge in [0.05, 0.1) is 11.4 Å². The first-order valence-corrected chi connectivity index (χ1v) is 6.62. The molecule has 0 spiro atoms. The van der Waals surface area contributed by atoms with E-state index in [-0.39, 0.29) is 0 Å². The summed E-state index contributed by atoms with van der Waals surface area (Å²) < 4.78 is 0. The summed E-state index contributed by atoms with van der Waals surface area (Å²) in [5, 5.41) is 7.81. The largest absolute Gasteiger partial charge is 0.331 e. The van der Waals surface area contributed by atoms with Gasteiger partial charge in [-0.15, -0.1) is 0 Å². The van der Waals surface area contributed by atoms with Crippen molar-refractivity contribution in [2.24, 2.45) is 10.2 Å². The minimum Gasteiger partial charge on any atom is -0.262 e. The lowest BCUT2D eigenvalue weighted by molar-refractivity contribution is -0.139. The van der Waals surface area contributed by atoms with Crippen molar-refractivity contribution in [2.75, 3.05) is 0 Å². The second-order valence-electron chi connectivity index (χ2n) is 5.07. The predicted octanol–water partition coefficient (Wildman–Crippen LogP) is 1.41. The third-order valence-corrected chi connectivity index (χ3v) is 3.19. The minimum absolute atomic E-state index is 0.782. The Balaban J connectivity index is 1.82. The quantitative estimate of drug-likeness (QED) is 0.589. The Morgan fingerprint density at radius 1 is 0.850 bits per heavy atom. The van der Waals surface area contributed by atoms with Gasteiger partial charge in [0, 0.05) is 0 Å². The first kappa shape index (κ1) is 14.2. The van der Waals surface area contributed by atoms with Crippen molar-refractivity contribution in [1.29, 1.82) is 0 Å². The zero-order valence-corrected chi connectivity index (χ0v) is 11.7. The molecule has 0 aromatic rings. The van der Waals surface area contributed by atoms with Crippen LogP contribution in [0.1, 0.15) is 39.5 Å². The van der Waals surface area contributed by atoms with Crippen LogP contribution in [0.5, 0.6) is 0 Å². The second-order valence-corrected chi connectivity index (χ2v) is 5.07. The summed E-state index contributed by atoms with van der Waals surface area (Å²) >= 11 is 0. The molecule has 20 heavy (non-hydrogen) atoms. The second kappa shape index (κ2) is 6.27. The fraction of sp³-hybridized carbons (Fsp3) is 0.429. The third kappa shape index (κ3) is 3.88. The molecule has 0 aromatic carbocycles. The molecule has 0 aromatic heterocycles. The summed E-state index contributed by atoms with van der Waals surface area (Å²) in [5.74, 6) is -1.61. The Morgan fingerprint density at radius 3 is 1.55 bits per heavy atom. The van der Waals surface area contributed by atoms with Crippen molar-refractivity contribution < 1.29 is 9.59 Å². The summed E-state index contributed by atoms with van der Waals surface area (Å²) in [6.45, 7) is 4.01. The average Bonchev–Trinajstić information content (AvgIpc) is 3.02. The Bertz CT molecular complexity index is 506. The lowest BCUT2D eigenvalue weighted by atomic mass is 10.3. The van der Waals surface area contributed by atoms with Crippen molar-refractivity contribution in [3.63, 3.8) is 0 Å². The molecule has 0 saturated carbocycles. The number of rotatable bonds is 2. The van der Waals surface area contributed by atoms with Gasteiger partial charge in [-0.1, -0.05) is 11.1 Å². The highest BCUT2D eigenvalue weighted by molar-refractivity contribution is 6.35. The Kier molecular flexibility index (Phi) is 4.45. The van der Waals surface area contributed by atoms with Gasteiger partial charge in [-0.2, -0.15) is 10.2 Å². The van der Waals surface area contributed by atoms with Crippen LogP contribution < -0.4 is 10.9 Å². The third-order valence-electron chi connectivity index (χ3n) is 3.19. The molecule has 2 rings (SSSR count). The van der Waals surface area contributed by atoms with Crippen LogP contribution in [0.3, 0.4) is 0 Å². The predicted molar refractivity (Wildman–Crippen MR) is 77.1 cm³/mol. The van der Waals surface area contributed by atoms with Gasteiger partial charge in [0.25, 0.3) is 0 Å². The molecule has 2 aliphatic rings. The van der Waals surface area contributed by atoms with Crippen molar-refractivity contribution in [3.05, 3.63) is 23.3 Å². The molecular weight excluding hydrogens is 256 g/mol. The average molecular weight is 274 g/mol. The highest BCUT2D eigenvalue weighted by atomic mass is 16.2. The Morgan fingerprint density at radius 2 is 1.25 bits per heavy atom. The summed E-state index contributed by atoms with van der Waals surface area (Å²) in [7, 11) is 0. The first-order chi connectivity index (χ1) is 9.54. The van der Waals surface area contributed by atoms with E-state index in [0.29, 0.717) is 0 Å². The lowest BCUT2D eigenvalue weighted by Gasteiger charge is -2.00. The summed E-state index contributed by atoms with van der Waals surface area (Å²) in [6.07, 6.45) is 7.29. The van der Waals surface area contributed by atoms with E-state index >= 15 is 0 Å². The molecule has 0 saturated heterocycles. The van der Waals surface area contributed by atoms with E-state index in [2.05, 4.69) is 21.1 Å². The maximum Gasteiger partial charge on any atom is 0.331 e. The molecule has 6 nitrogen and oxygen atoms in total. The van der Waals surface area contributed by atoms with Crippen LogP contribution in [0.2, 0.25) is 0 Å². The topological polar surface area (TPSA) is 82.9 Å². The van der Waals surface area contributed by atoms with Crippen molar-refractivity contribution >= 4 is 23.2 Å². The highest BCUT2D eigenvalue weighted by Crippen LogP contribution is 2.14. The van der Waals surface area contributed by atoms with Crippen molar-refractivity contribution in [2.45, 2.75) is 39.5 Å². The molecule has 0 heterocycles. The molecule has 106 valence electrons. The number of nitrogens with one attached hydrogen (secondary N) is 2. The molecule has 2 amide bonds. The fourth-order valence-electron chi connectivity index (χ4n) is 2.03. The molecule has 0 atom stereocenters. The van der Waals surface area contributed by atoms with Crippen LogP contribution in [0.4, 0.5) is 0 Å². The molecule has 0 radical (unpaired) electrons. The summed E-state index contributed by atoms with van der Waals surface area (Å²) in [5.41, 5.74) is 8.48. The van der Waals surface area contributed by atoms with Gasteiger partial charge in [-0.25, -0.2) is 10.9 Å². The fourth-order valence-corrected chi connectivity index (χ4v) is 2.03. The Hall–Kier alpha value is -2.24. The van der Waals surface area contributed by atoms with E-state index in [4.69, 9.17) is 0 Å². The molecule has 0 bridgehead atoms. The lowest BCUT2D eigenvalue weighted by Crippen LogP contribution is -2.35. The number of hydrogen-bond donors (Lipinski definition) is 2. The van der Waals surface area contributed by atoms with E-state index in [1.165, 1.54) is 11.1 Å². The van der Waals surface area contributed by atoms with Gasteiger partial charge in [0.15, 0.2) is 0 Å². The van der Waals surface area contributed by atoms with Gasteiger partial charge in [-0.3, -0.25) is 9.59 Å². The SMILES string of the molecule is CC1=CC(=NNC(=O)C(=O)NN=C2C=C(C)CC2)CC1. The van der Waals surface area contributed by atoms with Gasteiger partial charge in [0.1, 0.15) is 0 Å². The zero-order valence-electron chi connectivity index (χ0n) is 11.7. The van der Waals surface area contributed by atoms with Crippen molar-refractivity contribution in [3.8, 4) is 0 Å². The maximum atomic E-state index is 11.5. The number of hydrazone groups is 2. The minimum atomic E-state index is -0.807. The number of amides is 2. The summed E-state index contributed by atoms with van der Waals surface area (Å²) in [6, 6.07) is 0. The molecule has 2 N–H and O–H groups in total.